The fourth-order valence-electron chi connectivity index (χ4n) is 4.08. The molecule has 1 unspecified atom stereocenters. The minimum absolute atomic E-state index is 0.0236. The molecule has 1 aliphatic heterocycles. The molecule has 1 atom stereocenters. The highest BCUT2D eigenvalue weighted by atomic mass is 35.5. The standard InChI is InChI=1S/C24H30ClF4N5O2/c1-23(2,3)19(22(36)30-9-8-24(27,28)29)32-21(35)18-17-13-33(4)10-5-11-34(17)20(31-18)15-12-14(25)6-7-16(15)26/h6-7,12,19H,5,8-11,13H2,1-4H3,(H,30,36)(H,32,35). The average molecular weight is 532 g/mol. The number of halogens is 5. The lowest BCUT2D eigenvalue weighted by atomic mass is 9.86. The van der Waals surface area contributed by atoms with Gasteiger partial charge in [-0.05, 0) is 43.6 Å². The molecular weight excluding hydrogens is 502 g/mol. The second kappa shape index (κ2) is 10.8. The maximum atomic E-state index is 14.7. The molecule has 0 saturated carbocycles. The summed E-state index contributed by atoms with van der Waals surface area (Å²) in [5, 5.41) is 5.21. The predicted molar refractivity (Wildman–Crippen MR) is 128 cm³/mol. The van der Waals surface area contributed by atoms with Crippen LogP contribution in [0.15, 0.2) is 18.2 Å². The first-order valence-corrected chi connectivity index (χ1v) is 11.9. The van der Waals surface area contributed by atoms with Crippen molar-refractivity contribution >= 4 is 23.4 Å². The summed E-state index contributed by atoms with van der Waals surface area (Å²) in [5.41, 5.74) is -0.0972. The minimum Gasteiger partial charge on any atom is -0.354 e. The van der Waals surface area contributed by atoms with Gasteiger partial charge in [0.05, 0.1) is 17.7 Å². The topological polar surface area (TPSA) is 79.3 Å². The van der Waals surface area contributed by atoms with Gasteiger partial charge >= 0.3 is 6.18 Å². The van der Waals surface area contributed by atoms with Gasteiger partial charge in [0.15, 0.2) is 5.69 Å². The molecule has 0 aliphatic carbocycles. The van der Waals surface area contributed by atoms with Crippen molar-refractivity contribution in [3.63, 3.8) is 0 Å². The number of amides is 2. The van der Waals surface area contributed by atoms with Crippen molar-refractivity contribution in [2.75, 3.05) is 20.1 Å². The van der Waals surface area contributed by atoms with Crippen LogP contribution in [-0.4, -0.2) is 58.6 Å². The van der Waals surface area contributed by atoms with Gasteiger partial charge in [0.1, 0.15) is 17.7 Å². The third kappa shape index (κ3) is 6.76. The van der Waals surface area contributed by atoms with Crippen molar-refractivity contribution in [3.05, 3.63) is 40.4 Å². The summed E-state index contributed by atoms with van der Waals surface area (Å²) < 4.78 is 54.1. The van der Waals surface area contributed by atoms with Gasteiger partial charge in [0.2, 0.25) is 5.91 Å². The van der Waals surface area contributed by atoms with Crippen molar-refractivity contribution in [2.24, 2.45) is 5.41 Å². The van der Waals surface area contributed by atoms with Crippen molar-refractivity contribution in [2.45, 2.75) is 58.9 Å². The molecule has 198 valence electrons. The summed E-state index contributed by atoms with van der Waals surface area (Å²) >= 11 is 6.09. The number of carbonyl (C=O) groups is 2. The molecule has 1 aliphatic rings. The van der Waals surface area contributed by atoms with Crippen LogP contribution in [0.3, 0.4) is 0 Å². The number of imidazole rings is 1. The van der Waals surface area contributed by atoms with Crippen LogP contribution in [0, 0.1) is 11.2 Å². The van der Waals surface area contributed by atoms with Crippen LogP contribution < -0.4 is 10.6 Å². The molecule has 0 radical (unpaired) electrons. The van der Waals surface area contributed by atoms with E-state index in [-0.39, 0.29) is 17.1 Å². The molecular formula is C24H30ClF4N5O2. The number of nitrogens with zero attached hydrogens (tertiary/aromatic N) is 3. The van der Waals surface area contributed by atoms with E-state index in [9.17, 15) is 27.2 Å². The maximum Gasteiger partial charge on any atom is 0.390 e. The summed E-state index contributed by atoms with van der Waals surface area (Å²) in [6.45, 7) is 6.05. The van der Waals surface area contributed by atoms with Crippen molar-refractivity contribution in [3.8, 4) is 11.4 Å². The van der Waals surface area contributed by atoms with E-state index >= 15 is 0 Å². The summed E-state index contributed by atoms with van der Waals surface area (Å²) in [6.07, 6.45) is -4.86. The summed E-state index contributed by atoms with van der Waals surface area (Å²) in [4.78, 5) is 32.7. The van der Waals surface area contributed by atoms with Crippen LogP contribution in [0.1, 0.15) is 49.8 Å². The molecule has 1 aromatic heterocycles. The number of fused-ring (bicyclic) bond motifs is 1. The van der Waals surface area contributed by atoms with Crippen LogP contribution in [0.5, 0.6) is 0 Å². The van der Waals surface area contributed by atoms with E-state index in [2.05, 4.69) is 15.6 Å². The maximum absolute atomic E-state index is 14.7. The van der Waals surface area contributed by atoms with Crippen LogP contribution >= 0.6 is 11.6 Å². The molecule has 0 bridgehead atoms. The van der Waals surface area contributed by atoms with Crippen LogP contribution in [0.4, 0.5) is 17.6 Å². The number of alkyl halides is 3. The first kappa shape index (κ1) is 27.9. The second-order valence-electron chi connectivity index (χ2n) is 10.0. The Morgan fingerprint density at radius 3 is 2.53 bits per heavy atom. The lowest BCUT2D eigenvalue weighted by Gasteiger charge is -2.30. The Morgan fingerprint density at radius 2 is 1.89 bits per heavy atom. The molecule has 2 aromatic rings. The number of nitrogens with one attached hydrogen (secondary N) is 2. The fraction of sp³-hybridized carbons (Fsp3) is 0.542. The van der Waals surface area contributed by atoms with Gasteiger partial charge in [-0.15, -0.1) is 0 Å². The van der Waals surface area contributed by atoms with E-state index < -0.39 is 48.2 Å². The molecule has 0 spiro atoms. The molecule has 7 nitrogen and oxygen atoms in total. The first-order valence-electron chi connectivity index (χ1n) is 11.6. The zero-order valence-corrected chi connectivity index (χ0v) is 21.4. The molecule has 36 heavy (non-hydrogen) atoms. The fourth-order valence-corrected chi connectivity index (χ4v) is 4.25. The average Bonchev–Trinajstić information content (AvgIpc) is 2.97. The Hall–Kier alpha value is -2.66. The third-order valence-electron chi connectivity index (χ3n) is 5.91. The quantitative estimate of drug-likeness (QED) is 0.542. The van der Waals surface area contributed by atoms with Gasteiger partial charge in [-0.1, -0.05) is 32.4 Å². The Balaban J connectivity index is 1.96. The van der Waals surface area contributed by atoms with Crippen molar-refractivity contribution < 1.29 is 27.2 Å². The molecule has 2 N–H and O–H groups in total. The van der Waals surface area contributed by atoms with Crippen LogP contribution in [-0.2, 0) is 17.9 Å². The Morgan fingerprint density at radius 1 is 1.19 bits per heavy atom. The molecule has 0 saturated heterocycles. The highest BCUT2D eigenvalue weighted by Crippen LogP contribution is 2.30. The summed E-state index contributed by atoms with van der Waals surface area (Å²) in [6, 6.07) is 2.95. The normalized spacial score (nSPS) is 15.7. The zero-order valence-electron chi connectivity index (χ0n) is 20.6. The number of benzene rings is 1. The van der Waals surface area contributed by atoms with E-state index in [0.717, 1.165) is 13.0 Å². The van der Waals surface area contributed by atoms with Crippen molar-refractivity contribution in [1.82, 2.24) is 25.1 Å². The smallest absolute Gasteiger partial charge is 0.354 e. The van der Waals surface area contributed by atoms with E-state index in [1.54, 1.807) is 25.3 Å². The second-order valence-corrected chi connectivity index (χ2v) is 10.5. The minimum atomic E-state index is -4.42. The highest BCUT2D eigenvalue weighted by Gasteiger charge is 2.36. The van der Waals surface area contributed by atoms with Gasteiger partial charge < -0.3 is 20.1 Å². The molecule has 2 heterocycles. The lowest BCUT2D eigenvalue weighted by Crippen LogP contribution is -2.54. The van der Waals surface area contributed by atoms with Gasteiger partial charge in [-0.3, -0.25) is 9.59 Å². The van der Waals surface area contributed by atoms with Gasteiger partial charge in [-0.25, -0.2) is 9.37 Å². The van der Waals surface area contributed by atoms with Crippen LogP contribution in [0.25, 0.3) is 11.4 Å². The monoisotopic (exact) mass is 531 g/mol. The molecule has 3 rings (SSSR count). The van der Waals surface area contributed by atoms with Gasteiger partial charge in [-0.2, -0.15) is 13.2 Å². The number of aromatic nitrogens is 2. The van der Waals surface area contributed by atoms with Crippen molar-refractivity contribution in [1.29, 1.82) is 0 Å². The third-order valence-corrected chi connectivity index (χ3v) is 6.14. The summed E-state index contributed by atoms with van der Waals surface area (Å²) in [7, 11) is 1.88. The van der Waals surface area contributed by atoms with E-state index in [0.29, 0.717) is 23.8 Å². The van der Waals surface area contributed by atoms with E-state index in [4.69, 9.17) is 11.6 Å². The number of hydrogen-bond acceptors (Lipinski definition) is 4. The Kier molecular flexibility index (Phi) is 8.34. The van der Waals surface area contributed by atoms with Gasteiger partial charge in [0.25, 0.3) is 5.91 Å². The largest absolute Gasteiger partial charge is 0.390 e. The first-order chi connectivity index (χ1) is 16.7. The number of rotatable bonds is 6. The molecule has 0 fully saturated rings. The molecule has 12 heteroatoms. The zero-order chi connectivity index (χ0) is 26.8. The van der Waals surface area contributed by atoms with Crippen LogP contribution in [0.2, 0.25) is 5.02 Å². The lowest BCUT2D eigenvalue weighted by molar-refractivity contribution is -0.136. The van der Waals surface area contributed by atoms with Gasteiger partial charge in [0, 0.05) is 24.7 Å². The number of carbonyl (C=O) groups excluding carboxylic acids is 2. The highest BCUT2D eigenvalue weighted by molar-refractivity contribution is 6.30. The molecule has 1 aromatic carbocycles. The predicted octanol–water partition coefficient (Wildman–Crippen LogP) is 4.39. The summed E-state index contributed by atoms with van der Waals surface area (Å²) in [5.74, 6) is -1.71. The van der Waals surface area contributed by atoms with E-state index in [1.807, 2.05) is 11.9 Å². The Bertz CT molecular complexity index is 1130. The number of hydrogen-bond donors (Lipinski definition) is 2. The SMILES string of the molecule is CN1CCCn2c(-c3cc(Cl)ccc3F)nc(C(=O)NC(C(=O)NCCC(F)(F)F)C(C)(C)C)c2C1. The van der Waals surface area contributed by atoms with E-state index in [1.165, 1.54) is 18.2 Å². The Labute approximate surface area is 212 Å². The molecule has 2 amide bonds.